The number of allylic oxidation sites excluding steroid dienone is 1. The van der Waals surface area contributed by atoms with Crippen molar-refractivity contribution in [3.05, 3.63) is 12.7 Å². The van der Waals surface area contributed by atoms with Crippen LogP contribution in [-0.2, 0) is 4.79 Å². The highest BCUT2D eigenvalue weighted by Crippen LogP contribution is 2.08. The number of hydrogen-bond donors (Lipinski definition) is 1. The van der Waals surface area contributed by atoms with E-state index in [0.29, 0.717) is 0 Å². The lowest BCUT2D eigenvalue weighted by molar-refractivity contribution is -0.107. The zero-order chi connectivity index (χ0) is 12.5. The molecule has 2 heteroatoms. The van der Waals surface area contributed by atoms with Crippen LogP contribution in [0.15, 0.2) is 12.7 Å². The van der Waals surface area contributed by atoms with Gasteiger partial charge in [0.2, 0.25) is 0 Å². The van der Waals surface area contributed by atoms with Gasteiger partial charge in [0.05, 0.1) is 0 Å². The molecule has 0 atom stereocenters. The molecule has 0 aliphatic rings. The first-order valence-electron chi connectivity index (χ1n) is 6.54. The third-order valence-electron chi connectivity index (χ3n) is 2.28. The van der Waals surface area contributed by atoms with Crippen molar-refractivity contribution in [2.75, 3.05) is 6.54 Å². The second-order valence-electron chi connectivity index (χ2n) is 3.98. The van der Waals surface area contributed by atoms with Crippen LogP contribution in [0.5, 0.6) is 0 Å². The van der Waals surface area contributed by atoms with E-state index in [2.05, 4.69) is 6.58 Å². The fourth-order valence-corrected chi connectivity index (χ4v) is 1.43. The highest BCUT2D eigenvalue weighted by Gasteiger charge is 1.91. The van der Waals surface area contributed by atoms with E-state index in [-0.39, 0.29) is 1.43 Å². The van der Waals surface area contributed by atoms with Crippen LogP contribution in [0.1, 0.15) is 66.1 Å². The molecule has 0 bridgehead atoms. The Labute approximate surface area is 103 Å². The van der Waals surface area contributed by atoms with Gasteiger partial charge in [0.15, 0.2) is 0 Å². The number of hydrogen-bond acceptors (Lipinski definition) is 2. The molecule has 0 aromatic carbocycles. The lowest BCUT2D eigenvalue weighted by Crippen LogP contribution is -1.97. The van der Waals surface area contributed by atoms with Crippen molar-refractivity contribution in [3.8, 4) is 0 Å². The summed E-state index contributed by atoms with van der Waals surface area (Å²) in [4.78, 5) is 10.0. The Hall–Kier alpha value is -0.630. The summed E-state index contributed by atoms with van der Waals surface area (Å²) in [6.45, 7) is 6.08. The zero-order valence-electron chi connectivity index (χ0n) is 10.9. The third-order valence-corrected chi connectivity index (χ3v) is 2.28. The second kappa shape index (κ2) is 19.9. The molecule has 0 aliphatic carbocycles. The van der Waals surface area contributed by atoms with Gasteiger partial charge in [0.1, 0.15) is 6.29 Å². The van der Waals surface area contributed by atoms with Gasteiger partial charge in [-0.25, -0.2) is 0 Å². The molecule has 0 aromatic heterocycles. The lowest BCUT2D eigenvalue weighted by Gasteiger charge is -1.99. The Morgan fingerprint density at radius 2 is 1.38 bits per heavy atom. The Morgan fingerprint density at radius 3 is 1.75 bits per heavy atom. The summed E-state index contributed by atoms with van der Waals surface area (Å²) in [6, 6.07) is 0. The third kappa shape index (κ3) is 23.3. The van der Waals surface area contributed by atoms with Gasteiger partial charge in [-0.3, -0.25) is 0 Å². The molecule has 0 unspecified atom stereocenters. The van der Waals surface area contributed by atoms with Crippen LogP contribution >= 0.6 is 0 Å². The minimum absolute atomic E-state index is 0. The SMILES string of the molecule is C=CC.NCCCCCCCCCCC=O.[HH]. The summed E-state index contributed by atoms with van der Waals surface area (Å²) in [7, 11) is 0. The van der Waals surface area contributed by atoms with Crippen molar-refractivity contribution in [1.29, 1.82) is 0 Å². The fourth-order valence-electron chi connectivity index (χ4n) is 1.43. The average molecular weight is 229 g/mol. The van der Waals surface area contributed by atoms with Crippen LogP contribution in [0.25, 0.3) is 0 Å². The molecule has 2 N–H and O–H groups in total. The van der Waals surface area contributed by atoms with E-state index in [1.807, 2.05) is 6.92 Å². The zero-order valence-corrected chi connectivity index (χ0v) is 10.9. The molecular formula is C14H31NO. The van der Waals surface area contributed by atoms with Gasteiger partial charge in [0.25, 0.3) is 0 Å². The van der Waals surface area contributed by atoms with Gasteiger partial charge in [0, 0.05) is 7.85 Å². The average Bonchev–Trinajstić information content (AvgIpc) is 2.28. The molecule has 0 saturated carbocycles. The van der Waals surface area contributed by atoms with Crippen LogP contribution in [0, 0.1) is 0 Å². The van der Waals surface area contributed by atoms with Crippen molar-refractivity contribution in [1.82, 2.24) is 0 Å². The summed E-state index contributed by atoms with van der Waals surface area (Å²) in [5.41, 5.74) is 5.39. The molecular weight excluding hydrogens is 198 g/mol. The Balaban J connectivity index is -0.000000440. The summed E-state index contributed by atoms with van der Waals surface area (Å²) in [5, 5.41) is 0. The Morgan fingerprint density at radius 1 is 1.00 bits per heavy atom. The molecule has 2 nitrogen and oxygen atoms in total. The number of unbranched alkanes of at least 4 members (excludes halogenated alkanes) is 8. The molecule has 0 aromatic rings. The predicted molar refractivity (Wildman–Crippen MR) is 74.7 cm³/mol. The topological polar surface area (TPSA) is 43.1 Å². The minimum Gasteiger partial charge on any atom is -0.330 e. The van der Waals surface area contributed by atoms with E-state index < -0.39 is 0 Å². The number of carbonyl (C=O) groups is 1. The van der Waals surface area contributed by atoms with E-state index in [1.165, 1.54) is 44.9 Å². The first-order chi connectivity index (χ1) is 7.83. The summed E-state index contributed by atoms with van der Waals surface area (Å²) in [6.07, 6.45) is 13.5. The van der Waals surface area contributed by atoms with Crippen LogP contribution in [0.3, 0.4) is 0 Å². The van der Waals surface area contributed by atoms with Crippen molar-refractivity contribution < 1.29 is 6.22 Å². The summed E-state index contributed by atoms with van der Waals surface area (Å²) in [5.74, 6) is 0. The van der Waals surface area contributed by atoms with E-state index in [1.54, 1.807) is 6.08 Å². The first-order valence-corrected chi connectivity index (χ1v) is 6.54. The fraction of sp³-hybridized carbons (Fsp3) is 0.786. The molecule has 0 heterocycles. The second-order valence-corrected chi connectivity index (χ2v) is 3.98. The quantitative estimate of drug-likeness (QED) is 0.348. The van der Waals surface area contributed by atoms with Crippen molar-refractivity contribution >= 4 is 6.29 Å². The molecule has 0 rings (SSSR count). The molecule has 0 amide bonds. The molecule has 98 valence electrons. The van der Waals surface area contributed by atoms with Crippen molar-refractivity contribution in [2.45, 2.75) is 64.7 Å². The van der Waals surface area contributed by atoms with E-state index in [4.69, 9.17) is 5.73 Å². The maximum absolute atomic E-state index is 10.0. The molecule has 16 heavy (non-hydrogen) atoms. The van der Waals surface area contributed by atoms with Gasteiger partial charge < -0.3 is 10.5 Å². The van der Waals surface area contributed by atoms with Crippen LogP contribution in [0.4, 0.5) is 0 Å². The molecule has 0 spiro atoms. The lowest BCUT2D eigenvalue weighted by atomic mass is 10.1. The summed E-state index contributed by atoms with van der Waals surface area (Å²) >= 11 is 0. The Kier molecular flexibility index (Phi) is 22.0. The number of rotatable bonds is 10. The maximum atomic E-state index is 10.0. The standard InChI is InChI=1S/C11H23NO.C3H6.H2/c12-10-8-6-4-2-1-3-5-7-9-11-13;1-3-2;/h11H,1-10,12H2;3H,1H2,2H3;1H. The van der Waals surface area contributed by atoms with Crippen molar-refractivity contribution in [3.63, 3.8) is 0 Å². The van der Waals surface area contributed by atoms with Crippen LogP contribution in [-0.4, -0.2) is 12.8 Å². The van der Waals surface area contributed by atoms with Gasteiger partial charge in [-0.2, -0.15) is 0 Å². The van der Waals surface area contributed by atoms with Gasteiger partial charge in [-0.05, 0) is 26.3 Å². The highest BCUT2D eigenvalue weighted by molar-refractivity contribution is 5.48. The smallest absolute Gasteiger partial charge is 0.119 e. The highest BCUT2D eigenvalue weighted by atomic mass is 16.1. The van der Waals surface area contributed by atoms with Gasteiger partial charge in [-0.1, -0.05) is 44.6 Å². The van der Waals surface area contributed by atoms with E-state index in [0.717, 1.165) is 25.7 Å². The predicted octanol–water partition coefficient (Wildman–Crippen LogP) is 4.09. The van der Waals surface area contributed by atoms with Gasteiger partial charge in [-0.15, -0.1) is 6.58 Å². The monoisotopic (exact) mass is 229 g/mol. The maximum Gasteiger partial charge on any atom is 0.119 e. The minimum atomic E-state index is 0. The summed E-state index contributed by atoms with van der Waals surface area (Å²) < 4.78 is 0. The Bertz CT molecular complexity index is 140. The largest absolute Gasteiger partial charge is 0.330 e. The van der Waals surface area contributed by atoms with Crippen LogP contribution in [0.2, 0.25) is 0 Å². The molecule has 0 fully saturated rings. The molecule has 0 radical (unpaired) electrons. The van der Waals surface area contributed by atoms with Crippen molar-refractivity contribution in [2.24, 2.45) is 5.73 Å². The van der Waals surface area contributed by atoms with Crippen LogP contribution < -0.4 is 5.73 Å². The number of carbonyl (C=O) groups excluding carboxylic acids is 1. The van der Waals surface area contributed by atoms with Gasteiger partial charge >= 0.3 is 0 Å². The molecule has 0 saturated heterocycles. The van der Waals surface area contributed by atoms with E-state index >= 15 is 0 Å². The van der Waals surface area contributed by atoms with E-state index in [9.17, 15) is 4.79 Å². The first kappa shape index (κ1) is 17.8. The number of nitrogens with two attached hydrogens (primary N) is 1. The molecule has 0 aliphatic heterocycles. The number of aldehydes is 1. The normalized spacial score (nSPS) is 9.12.